The van der Waals surface area contributed by atoms with Gasteiger partial charge in [0.25, 0.3) is 0 Å². The fourth-order valence-electron chi connectivity index (χ4n) is 0. The minimum absolute atomic E-state index is 0. The summed E-state index contributed by atoms with van der Waals surface area (Å²) in [7, 11) is 0. The predicted octanol–water partition coefficient (Wildman–Crippen LogP) is 0.434. The first-order chi connectivity index (χ1) is 5.29. The van der Waals surface area contributed by atoms with E-state index in [0.29, 0.717) is 0 Å². The van der Waals surface area contributed by atoms with Crippen LogP contribution in [0, 0.1) is 0 Å². The normalized spacial score (nSPS) is 10.9. The molecule has 0 saturated carbocycles. The van der Waals surface area contributed by atoms with Gasteiger partial charge in [0.05, 0.1) is 0 Å². The second-order valence-electron chi connectivity index (χ2n) is 2.12. The zero-order chi connectivity index (χ0) is 10.3. The van der Waals surface area contributed by atoms with Crippen LogP contribution in [0.4, 0.5) is 0 Å². The van der Waals surface area contributed by atoms with Crippen LogP contribution in [0.1, 0.15) is 13.8 Å². The van der Waals surface area contributed by atoms with Gasteiger partial charge in [0.15, 0.2) is 0 Å². The number of rotatable bonds is 2. The van der Waals surface area contributed by atoms with Gasteiger partial charge in [-0.2, -0.15) is 40.5 Å². The Balaban J connectivity index is -0.0000000370. The molecule has 9 heteroatoms. The maximum atomic E-state index is 9.70. The predicted molar refractivity (Wildman–Crippen MR) is 76.8 cm³/mol. The van der Waals surface area contributed by atoms with E-state index in [1.54, 1.807) is 46.9 Å². The molecule has 0 amide bonds. The van der Waals surface area contributed by atoms with E-state index in [1.165, 1.54) is 0 Å². The van der Waals surface area contributed by atoms with Crippen molar-refractivity contribution >= 4 is 85.5 Å². The van der Waals surface area contributed by atoms with E-state index in [9.17, 15) is 9.59 Å². The molecule has 90 valence electrons. The molecule has 0 aliphatic carbocycles. The number of aliphatic carboxylic acids is 2. The third kappa shape index (κ3) is 31.3. The van der Waals surface area contributed by atoms with Crippen molar-refractivity contribution in [1.82, 2.24) is 0 Å². The Morgan fingerprint density at radius 1 is 0.867 bits per heavy atom. The van der Waals surface area contributed by atoms with Crippen LogP contribution < -0.4 is 0 Å². The van der Waals surface area contributed by atoms with E-state index in [0.717, 1.165) is 0 Å². The largest absolute Gasteiger partial charge is 0.197 e. The molecule has 0 saturated heterocycles. The third-order valence-corrected chi connectivity index (χ3v) is 1.78. The fourth-order valence-corrected chi connectivity index (χ4v) is 0. The molecule has 0 rings (SSSR count). The molecule has 4 nitrogen and oxygen atoms in total. The van der Waals surface area contributed by atoms with Gasteiger partial charge in [-0.3, -0.25) is 0 Å². The number of carbonyl (C=O) groups is 2. The van der Waals surface area contributed by atoms with E-state index in [1.807, 2.05) is 0 Å². The molecule has 0 fully saturated rings. The third-order valence-electron chi connectivity index (χ3n) is 0.741. The maximum Gasteiger partial charge on any atom is -0.197 e. The van der Waals surface area contributed by atoms with Gasteiger partial charge in [-0.25, -0.2) is 0 Å². The first kappa shape index (κ1) is 29.8. The maximum absolute atomic E-state index is 9.70. The molecule has 0 aromatic carbocycles. The molecule has 2 N–H and O–H groups in total. The number of hydrogen-bond donors (Lipinski definition) is 2. The van der Waals surface area contributed by atoms with Gasteiger partial charge in [0, 0.05) is 0 Å². The van der Waals surface area contributed by atoms with Crippen molar-refractivity contribution in [2.45, 2.75) is 23.3 Å². The van der Waals surface area contributed by atoms with Gasteiger partial charge in [-0.05, 0) is 0 Å². The van der Waals surface area contributed by atoms with Crippen LogP contribution >= 0.6 is 40.5 Å². The second-order valence-corrected chi connectivity index (χ2v) is 5.75. The standard InChI is InChI=1S/2C3H5GeO2.3H2S/c2*1-2(4)3(5)6;;;/h2*2H,1H3,(H,5,6);3*1H2. The van der Waals surface area contributed by atoms with E-state index in [-0.39, 0.29) is 50.0 Å². The Bertz CT molecular complexity index is 148. The van der Waals surface area contributed by atoms with Crippen molar-refractivity contribution in [2.24, 2.45) is 0 Å². The molecule has 15 heavy (non-hydrogen) atoms. The first-order valence-electron chi connectivity index (χ1n) is 3.16. The van der Waals surface area contributed by atoms with Crippen LogP contribution in [0.3, 0.4) is 0 Å². The van der Waals surface area contributed by atoms with Crippen molar-refractivity contribution in [1.29, 1.82) is 0 Å². The molecule has 0 aromatic heterocycles. The van der Waals surface area contributed by atoms with Crippen molar-refractivity contribution < 1.29 is 19.8 Å². The van der Waals surface area contributed by atoms with E-state index in [2.05, 4.69) is 0 Å². The molecule has 0 aromatic rings. The summed E-state index contributed by atoms with van der Waals surface area (Å²) in [5, 5.41) is 16.0. The Kier molecular flexibility index (Phi) is 34.7. The monoisotopic (exact) mass is 396 g/mol. The summed E-state index contributed by atoms with van der Waals surface area (Å²) in [5.74, 6) is -1.48. The van der Waals surface area contributed by atoms with Crippen LogP contribution in [0.25, 0.3) is 0 Å². The van der Waals surface area contributed by atoms with Crippen LogP contribution in [0.5, 0.6) is 0 Å². The summed E-state index contributed by atoms with van der Waals surface area (Å²) in [6.07, 6.45) is 0. The Hall–Kier alpha value is 1.08. The van der Waals surface area contributed by atoms with Gasteiger partial charge >= 0.3 is 88.1 Å². The number of carboxylic acids is 2. The SMILES string of the molecule is C[CH]([Ge])C(=O)O.C[CH]([Ge])C(=O)O.S.S.S. The summed E-state index contributed by atoms with van der Waals surface area (Å²) in [4.78, 5) is 19.4. The zero-order valence-corrected chi connectivity index (χ0v) is 15.6. The Morgan fingerprint density at radius 2 is 0.933 bits per heavy atom. The number of hydrogen-bond acceptors (Lipinski definition) is 2. The van der Waals surface area contributed by atoms with Crippen molar-refractivity contribution in [3.05, 3.63) is 0 Å². The Morgan fingerprint density at radius 3 is 0.933 bits per heavy atom. The van der Waals surface area contributed by atoms with E-state index < -0.39 is 11.9 Å². The van der Waals surface area contributed by atoms with Gasteiger partial charge in [0.2, 0.25) is 0 Å². The first-order valence-corrected chi connectivity index (χ1v) is 5.59. The molecule has 6 radical (unpaired) electrons. The van der Waals surface area contributed by atoms with Gasteiger partial charge in [0.1, 0.15) is 0 Å². The average molecular weight is 394 g/mol. The van der Waals surface area contributed by atoms with Crippen LogP contribution in [0.2, 0.25) is 9.50 Å². The van der Waals surface area contributed by atoms with Gasteiger partial charge < -0.3 is 0 Å². The summed E-state index contributed by atoms with van der Waals surface area (Å²) >= 11 is 3.28. The summed E-state index contributed by atoms with van der Waals surface area (Å²) in [6.45, 7) is 3.28. The van der Waals surface area contributed by atoms with Crippen LogP contribution in [0.15, 0.2) is 0 Å². The summed E-state index contributed by atoms with van der Waals surface area (Å²) < 4.78 is -0.463. The topological polar surface area (TPSA) is 74.6 Å². The molecular formula is C6H16Ge2O4S3. The second kappa shape index (κ2) is 17.5. The van der Waals surface area contributed by atoms with Crippen molar-refractivity contribution in [3.63, 3.8) is 0 Å². The average Bonchev–Trinajstić information content (AvgIpc) is 1.88. The van der Waals surface area contributed by atoms with E-state index >= 15 is 0 Å². The Labute approximate surface area is 128 Å². The molecule has 0 heterocycles. The van der Waals surface area contributed by atoms with Gasteiger partial charge in [-0.15, -0.1) is 0 Å². The van der Waals surface area contributed by atoms with E-state index in [4.69, 9.17) is 10.2 Å². The van der Waals surface area contributed by atoms with Crippen LogP contribution in [-0.2, 0) is 9.59 Å². The molecular weight excluding hydrogens is 377 g/mol. The summed E-state index contributed by atoms with van der Waals surface area (Å²) in [5.41, 5.74) is 0. The van der Waals surface area contributed by atoms with Gasteiger partial charge in [-0.1, -0.05) is 0 Å². The smallest absolute Gasteiger partial charge is 0.197 e. The van der Waals surface area contributed by atoms with Crippen molar-refractivity contribution in [2.75, 3.05) is 0 Å². The quantitative estimate of drug-likeness (QED) is 0.668. The zero-order valence-electron chi connectivity index (χ0n) is 8.37. The molecule has 0 bridgehead atoms. The molecule has 0 spiro atoms. The summed E-state index contributed by atoms with van der Waals surface area (Å²) in [6, 6.07) is 0. The molecule has 2 unspecified atom stereocenters. The minimum atomic E-state index is -0.741. The molecule has 0 aliphatic heterocycles. The van der Waals surface area contributed by atoms with Crippen molar-refractivity contribution in [3.8, 4) is 0 Å². The molecule has 2 atom stereocenters. The minimum Gasteiger partial charge on any atom is -0.197 e. The number of carboxylic acid groups (broad SMARTS) is 2. The molecule has 0 aliphatic rings. The fraction of sp³-hybridized carbons (Fsp3) is 0.667. The van der Waals surface area contributed by atoms with Crippen LogP contribution in [-0.4, -0.2) is 55.2 Å².